The summed E-state index contributed by atoms with van der Waals surface area (Å²) in [5.41, 5.74) is 21.9. The Morgan fingerprint density at radius 1 is 0.413 bits per heavy atom. The molecule has 0 bridgehead atoms. The molecule has 0 spiro atoms. The number of likely N-dealkylation sites (tertiary alicyclic amines) is 4. The molecule has 1 atom stereocenters. The summed E-state index contributed by atoms with van der Waals surface area (Å²) in [6.45, 7) is 21.5. The number of halogens is 5. The van der Waals surface area contributed by atoms with Gasteiger partial charge in [-0.3, -0.25) is 38.6 Å². The van der Waals surface area contributed by atoms with E-state index in [1.807, 2.05) is 130 Å². The van der Waals surface area contributed by atoms with Gasteiger partial charge in [-0.2, -0.15) is 0 Å². The van der Waals surface area contributed by atoms with Crippen molar-refractivity contribution in [3.63, 3.8) is 0 Å². The molecule has 16 rings (SSSR count). The number of hydrogen-bond donors (Lipinski definition) is 0. The fourth-order valence-electron chi connectivity index (χ4n) is 15.7. The number of Topliss-reactive ketones (excluding diaryl/α,β-unsaturated/α-hetero) is 2. The molecule has 4 aliphatic rings. The highest BCUT2D eigenvalue weighted by Crippen LogP contribution is 2.34. The van der Waals surface area contributed by atoms with Crippen LogP contribution < -0.4 is 0 Å². The summed E-state index contributed by atoms with van der Waals surface area (Å²) < 4.78 is 34.7. The van der Waals surface area contributed by atoms with E-state index in [0.29, 0.717) is 45.7 Å². The molecule has 23 heteroatoms. The minimum atomic E-state index is -2.18. The van der Waals surface area contributed by atoms with Gasteiger partial charge >= 0.3 is 0 Å². The monoisotopic (exact) mass is 1580 g/mol. The van der Waals surface area contributed by atoms with E-state index in [0.717, 1.165) is 141 Å². The number of aryl methyl sites for hydroxylation is 2. The smallest absolute Gasteiger partial charge is 0.181 e. The Balaban J connectivity index is 0.000000129. The molecular weight excluding hydrogens is 1490 g/mol. The number of carbonyl (C=O) groups is 2. The average molecular weight is 1590 g/mol. The van der Waals surface area contributed by atoms with Gasteiger partial charge in [0.2, 0.25) is 0 Å². The van der Waals surface area contributed by atoms with Gasteiger partial charge in [0.15, 0.2) is 11.6 Å². The summed E-state index contributed by atoms with van der Waals surface area (Å²) in [6, 6.07) is 44.0. The molecule has 4 fully saturated rings. The summed E-state index contributed by atoms with van der Waals surface area (Å²) in [6.07, 6.45) is 22.8. The van der Waals surface area contributed by atoms with E-state index in [4.69, 9.17) is 67.7 Å². The third-order valence-electron chi connectivity index (χ3n) is 21.3. The number of pyridine rings is 4. The molecule has 0 amide bonds. The zero-order valence-corrected chi connectivity index (χ0v) is 67.1. The zero-order valence-electron chi connectivity index (χ0n) is 62.5. The van der Waals surface area contributed by atoms with Crippen LogP contribution in [-0.2, 0) is 41.5 Å². The van der Waals surface area contributed by atoms with Crippen molar-refractivity contribution in [2.45, 2.75) is 111 Å². The number of piperidine rings is 1. The minimum absolute atomic E-state index is 0.0566. The largest absolute Gasteiger partial charge is 0.771 e. The Hall–Kier alpha value is -7.66. The van der Waals surface area contributed by atoms with Gasteiger partial charge in [-0.1, -0.05) is 52.8 Å². The number of ketones is 2. The zero-order chi connectivity index (χ0) is 76.1. The highest BCUT2D eigenvalue weighted by Gasteiger charge is 2.27. The van der Waals surface area contributed by atoms with Crippen molar-refractivity contribution in [1.29, 1.82) is 0 Å². The topological polar surface area (TPSA) is 168 Å². The summed E-state index contributed by atoms with van der Waals surface area (Å²) >= 11 is 27.9. The molecule has 4 aromatic carbocycles. The number of fused-ring (bicyclic) bond motifs is 4. The van der Waals surface area contributed by atoms with Crippen molar-refractivity contribution >= 4 is 125 Å². The highest BCUT2D eigenvalue weighted by molar-refractivity contribution is 7.78. The molecule has 0 aliphatic carbocycles. The maximum absolute atomic E-state index is 13.5. The van der Waals surface area contributed by atoms with E-state index < -0.39 is 11.1 Å². The lowest BCUT2D eigenvalue weighted by Crippen LogP contribution is -2.34. The first-order valence-corrected chi connectivity index (χ1v) is 41.4. The summed E-state index contributed by atoms with van der Waals surface area (Å²) in [4.78, 5) is 54.6. The predicted octanol–water partition coefficient (Wildman–Crippen LogP) is 18.3. The van der Waals surface area contributed by atoms with Gasteiger partial charge in [0.25, 0.3) is 0 Å². The molecule has 4 aliphatic heterocycles. The van der Waals surface area contributed by atoms with Crippen LogP contribution in [0, 0.1) is 27.7 Å². The Bertz CT molecular complexity index is 5140. The number of alkyl halides is 1. The molecule has 0 saturated carbocycles. The van der Waals surface area contributed by atoms with Crippen molar-refractivity contribution in [2.24, 2.45) is 0 Å². The molecule has 0 radical (unpaired) electrons. The van der Waals surface area contributed by atoms with E-state index in [1.54, 1.807) is 6.20 Å². The van der Waals surface area contributed by atoms with Crippen LogP contribution >= 0.6 is 58.0 Å². The van der Waals surface area contributed by atoms with E-state index in [9.17, 15) is 18.4 Å². The second kappa shape index (κ2) is 37.6. The Morgan fingerprint density at radius 2 is 0.734 bits per heavy atom. The molecule has 0 N–H and O–H groups in total. The van der Waals surface area contributed by atoms with Gasteiger partial charge in [0.05, 0.1) is 74.3 Å². The second-order valence-electron chi connectivity index (χ2n) is 29.0. The molecule has 4 saturated heterocycles. The molecule has 570 valence electrons. The van der Waals surface area contributed by atoms with Crippen molar-refractivity contribution < 1.29 is 23.1 Å². The number of rotatable bonds is 23. The van der Waals surface area contributed by atoms with Gasteiger partial charge in [-0.05, 0) is 324 Å². The van der Waals surface area contributed by atoms with Crippen LogP contribution in [0.2, 0.25) is 20.1 Å². The summed E-state index contributed by atoms with van der Waals surface area (Å²) in [7, 11) is 0. The predicted molar refractivity (Wildman–Crippen MR) is 445 cm³/mol. The molecule has 12 aromatic rings. The SMILES string of the molecule is Cc1c(C(=O)CCl)c2ncc(CCN3CCCC3)cc2n1-c1ccc(Cl)cc1.Cc1c(C(=O)CN2CCCCC2)c2ncc(CCN3CCCC3)cc2n1-c1ccc(Cl)cc1.Cc1cc2ncc(CCN3CCCC3)cc2n1-c1ccc(Cl)cc1.Cc1cc2ncc(CCOCS(=O)[O-])cc2n1-c1ccc(Cl)cc1. The molecule has 17 nitrogen and oxygen atoms in total. The van der Waals surface area contributed by atoms with Crippen molar-refractivity contribution in [3.05, 3.63) is 234 Å². The van der Waals surface area contributed by atoms with Gasteiger partial charge in [-0.25, -0.2) is 0 Å². The number of benzene rings is 4. The van der Waals surface area contributed by atoms with E-state index in [2.05, 4.69) is 102 Å². The first-order valence-electron chi connectivity index (χ1n) is 38.1. The van der Waals surface area contributed by atoms with Crippen LogP contribution in [0.3, 0.4) is 0 Å². The number of aromatic nitrogens is 8. The lowest BCUT2D eigenvalue weighted by atomic mass is 10.1. The number of nitrogens with zero attached hydrogens (tertiary/aromatic N) is 12. The molecule has 1 unspecified atom stereocenters. The van der Waals surface area contributed by atoms with E-state index in [1.165, 1.54) is 125 Å². The van der Waals surface area contributed by atoms with Crippen LogP contribution in [0.5, 0.6) is 0 Å². The van der Waals surface area contributed by atoms with Crippen LogP contribution in [0.4, 0.5) is 0 Å². The Kier molecular flexibility index (Phi) is 27.4. The van der Waals surface area contributed by atoms with E-state index >= 15 is 0 Å². The average Bonchev–Trinajstić information content (AvgIpc) is 1.56. The summed E-state index contributed by atoms with van der Waals surface area (Å²) in [5, 5.41) is 2.84. The number of ether oxygens (including phenoxy) is 1. The number of carbonyl (C=O) groups excluding carboxylic acids is 2. The van der Waals surface area contributed by atoms with Gasteiger partial charge < -0.3 is 42.3 Å². The second-order valence-corrected chi connectivity index (χ2v) is 31.8. The van der Waals surface area contributed by atoms with Crippen LogP contribution in [0.15, 0.2) is 158 Å². The maximum atomic E-state index is 13.5. The van der Waals surface area contributed by atoms with Crippen molar-refractivity contribution in [1.82, 2.24) is 57.8 Å². The van der Waals surface area contributed by atoms with Crippen LogP contribution in [0.1, 0.15) is 124 Å². The third kappa shape index (κ3) is 19.8. The first-order chi connectivity index (χ1) is 52.9. The molecule has 12 heterocycles. The van der Waals surface area contributed by atoms with Crippen molar-refractivity contribution in [2.75, 3.05) is 97.0 Å². The molecule has 8 aromatic heterocycles. The minimum Gasteiger partial charge on any atom is -0.771 e. The Labute approximate surface area is 666 Å². The lowest BCUT2D eigenvalue weighted by Gasteiger charge is -2.25. The maximum Gasteiger partial charge on any atom is 0.181 e. The summed E-state index contributed by atoms with van der Waals surface area (Å²) in [5.74, 6) is -0.270. The first kappa shape index (κ1) is 79.4. The molecular formula is C86H94Cl5N12O5S-. The third-order valence-corrected chi connectivity index (χ3v) is 22.9. The fraction of sp³-hybridized carbons (Fsp3) is 0.372. The van der Waals surface area contributed by atoms with E-state index in [-0.39, 0.29) is 23.4 Å². The highest BCUT2D eigenvalue weighted by atomic mass is 35.5. The quantitative estimate of drug-likeness (QED) is 0.0257. The van der Waals surface area contributed by atoms with Gasteiger partial charge in [0.1, 0.15) is 5.94 Å². The van der Waals surface area contributed by atoms with Crippen LogP contribution in [0.25, 0.3) is 66.9 Å². The lowest BCUT2D eigenvalue weighted by molar-refractivity contribution is 0.0915. The Morgan fingerprint density at radius 3 is 1.10 bits per heavy atom. The molecule has 109 heavy (non-hydrogen) atoms. The number of hydrogen-bond acceptors (Lipinski definition) is 13. The van der Waals surface area contributed by atoms with Crippen LogP contribution in [-0.4, -0.2) is 175 Å². The fourth-order valence-corrected chi connectivity index (χ4v) is 16.6. The normalized spacial score (nSPS) is 15.4. The van der Waals surface area contributed by atoms with Gasteiger partial charge in [0, 0.05) is 110 Å². The standard InChI is InChI=1S/C27H33ClN4O.C22H23Cl2N3O.C20H22ClN3.C17H17ClN2O3S/c1-20-26(25(33)19-31-14-3-2-4-15-31)27-24(32(20)23-9-7-22(28)8-10-23)17-21(18-29-27)11-16-30-12-5-6-13-30;1-15-21(20(28)13-23)22-19(27(15)18-6-4-17(24)5-7-18)12-16(14-25-22)8-11-26-9-2-3-10-26;1-15-12-19-20(24(15)18-6-4-17(21)5-7-18)13-16(14-22-19)8-11-23-9-2-3-10-23;1-12-8-16-17(20(12)15-4-2-14(18)3-5-15)9-13(10-19-16)6-7-23-11-24(21)22/h7-10,17-18H,2-6,11-16,19H2,1H3;4-7,12,14H,2-3,8-11,13H2,1H3;4-7,12-14H,2-3,8-11H2,1H3;2-5,8-10H,6-7,11H2,1H3,(H,21,22)/p-1. The van der Waals surface area contributed by atoms with Crippen molar-refractivity contribution in [3.8, 4) is 22.7 Å². The van der Waals surface area contributed by atoms with Gasteiger partial charge in [-0.15, -0.1) is 11.6 Å².